The van der Waals surface area contributed by atoms with E-state index >= 15 is 0 Å². The lowest BCUT2D eigenvalue weighted by atomic mass is 10.1. The fourth-order valence-corrected chi connectivity index (χ4v) is 1.47. The summed E-state index contributed by atoms with van der Waals surface area (Å²) in [5, 5.41) is 0.322. The van der Waals surface area contributed by atoms with Crippen molar-refractivity contribution in [3.05, 3.63) is 33.6 Å². The van der Waals surface area contributed by atoms with E-state index < -0.39 is 11.9 Å². The lowest BCUT2D eigenvalue weighted by Gasteiger charge is -2.11. The van der Waals surface area contributed by atoms with Crippen molar-refractivity contribution in [1.82, 2.24) is 0 Å². The Morgan fingerprint density at radius 2 is 1.92 bits per heavy atom. The Labute approximate surface area is 85.6 Å². The van der Waals surface area contributed by atoms with Crippen LogP contribution in [0.4, 0.5) is 4.39 Å². The molecular weight excluding hydrogens is 214 g/mol. The average Bonchev–Trinajstić information content (AvgIpc) is 2.10. The molecule has 72 valence electrons. The first-order chi connectivity index (χ1) is 6.06. The highest BCUT2D eigenvalue weighted by Gasteiger charge is 2.12. The SMILES string of the molecule is NC[C@@H](N)c1cc(F)c(Cl)cc1Cl. The quantitative estimate of drug-likeness (QED) is 0.754. The number of hydrogen-bond donors (Lipinski definition) is 2. The van der Waals surface area contributed by atoms with E-state index in [2.05, 4.69) is 0 Å². The fourth-order valence-electron chi connectivity index (χ4n) is 0.949. The largest absolute Gasteiger partial charge is 0.329 e. The molecule has 0 aliphatic rings. The molecule has 4 N–H and O–H groups in total. The molecule has 0 unspecified atom stereocenters. The van der Waals surface area contributed by atoms with Crippen molar-refractivity contribution in [2.24, 2.45) is 11.5 Å². The Morgan fingerprint density at radius 3 is 2.46 bits per heavy atom. The lowest BCUT2D eigenvalue weighted by molar-refractivity contribution is 0.620. The standard InChI is InChI=1S/C8H9Cl2FN2/c9-5-2-6(10)7(11)1-4(5)8(13)3-12/h1-2,8H,3,12-13H2/t8-/m1/s1. The van der Waals surface area contributed by atoms with Crippen LogP contribution in [0.1, 0.15) is 11.6 Å². The molecule has 2 nitrogen and oxygen atoms in total. The Kier molecular flexibility index (Phi) is 3.50. The van der Waals surface area contributed by atoms with Crippen LogP contribution in [0.2, 0.25) is 10.0 Å². The maximum absolute atomic E-state index is 13.0. The average molecular weight is 223 g/mol. The number of nitrogens with two attached hydrogens (primary N) is 2. The topological polar surface area (TPSA) is 52.0 Å². The van der Waals surface area contributed by atoms with E-state index in [0.717, 1.165) is 0 Å². The predicted molar refractivity (Wildman–Crippen MR) is 52.4 cm³/mol. The zero-order chi connectivity index (χ0) is 10.0. The van der Waals surface area contributed by atoms with Crippen molar-refractivity contribution < 1.29 is 4.39 Å². The van der Waals surface area contributed by atoms with Gasteiger partial charge in [-0.2, -0.15) is 0 Å². The molecule has 0 amide bonds. The molecule has 1 rings (SSSR count). The van der Waals surface area contributed by atoms with Gasteiger partial charge >= 0.3 is 0 Å². The van der Waals surface area contributed by atoms with Crippen molar-refractivity contribution in [2.75, 3.05) is 6.54 Å². The summed E-state index contributed by atoms with van der Waals surface area (Å²) in [5.74, 6) is -0.537. The monoisotopic (exact) mass is 222 g/mol. The lowest BCUT2D eigenvalue weighted by Crippen LogP contribution is -2.21. The highest BCUT2D eigenvalue weighted by Crippen LogP contribution is 2.27. The van der Waals surface area contributed by atoms with E-state index in [1.165, 1.54) is 12.1 Å². The Morgan fingerprint density at radius 1 is 1.31 bits per heavy atom. The molecule has 0 saturated heterocycles. The van der Waals surface area contributed by atoms with E-state index in [-0.39, 0.29) is 11.6 Å². The zero-order valence-corrected chi connectivity index (χ0v) is 8.24. The van der Waals surface area contributed by atoms with E-state index in [1.807, 2.05) is 0 Å². The Balaban J connectivity index is 3.15. The van der Waals surface area contributed by atoms with E-state index in [4.69, 9.17) is 34.7 Å². The molecule has 0 fully saturated rings. The third kappa shape index (κ3) is 2.31. The van der Waals surface area contributed by atoms with Gasteiger partial charge in [0.15, 0.2) is 0 Å². The van der Waals surface area contributed by atoms with Gasteiger partial charge in [-0.25, -0.2) is 4.39 Å². The van der Waals surface area contributed by atoms with Gasteiger partial charge in [0.05, 0.1) is 5.02 Å². The molecule has 13 heavy (non-hydrogen) atoms. The van der Waals surface area contributed by atoms with Crippen molar-refractivity contribution in [2.45, 2.75) is 6.04 Å². The van der Waals surface area contributed by atoms with Gasteiger partial charge < -0.3 is 11.5 Å². The van der Waals surface area contributed by atoms with Crippen LogP contribution in [0.15, 0.2) is 12.1 Å². The van der Waals surface area contributed by atoms with Gasteiger partial charge in [0, 0.05) is 17.6 Å². The summed E-state index contributed by atoms with van der Waals surface area (Å²) in [5.41, 5.74) is 11.4. The van der Waals surface area contributed by atoms with Crippen LogP contribution in [0.3, 0.4) is 0 Å². The number of halogens is 3. The molecule has 0 spiro atoms. The van der Waals surface area contributed by atoms with Crippen LogP contribution < -0.4 is 11.5 Å². The highest BCUT2D eigenvalue weighted by atomic mass is 35.5. The van der Waals surface area contributed by atoms with Crippen LogP contribution in [0.5, 0.6) is 0 Å². The number of rotatable bonds is 2. The summed E-state index contributed by atoms with van der Waals surface area (Å²) in [6.45, 7) is 0.209. The van der Waals surface area contributed by atoms with Crippen molar-refractivity contribution in [3.8, 4) is 0 Å². The fraction of sp³-hybridized carbons (Fsp3) is 0.250. The summed E-state index contributed by atoms with van der Waals surface area (Å²) < 4.78 is 13.0. The van der Waals surface area contributed by atoms with Crippen molar-refractivity contribution in [3.63, 3.8) is 0 Å². The van der Waals surface area contributed by atoms with E-state index in [0.29, 0.717) is 10.6 Å². The minimum absolute atomic E-state index is 0.0158. The summed E-state index contributed by atoms with van der Waals surface area (Å²) in [6.07, 6.45) is 0. The number of hydrogen-bond acceptors (Lipinski definition) is 2. The van der Waals surface area contributed by atoms with E-state index in [1.54, 1.807) is 0 Å². The maximum atomic E-state index is 13.0. The Bertz CT molecular complexity index is 317. The normalized spacial score (nSPS) is 13.0. The molecule has 0 bridgehead atoms. The second kappa shape index (κ2) is 4.24. The second-order valence-electron chi connectivity index (χ2n) is 2.63. The molecule has 1 atom stereocenters. The van der Waals surface area contributed by atoms with Crippen LogP contribution in [-0.2, 0) is 0 Å². The minimum atomic E-state index is -0.537. The molecule has 0 aliphatic carbocycles. The van der Waals surface area contributed by atoms with Crippen molar-refractivity contribution in [1.29, 1.82) is 0 Å². The molecule has 1 aromatic rings. The van der Waals surface area contributed by atoms with Gasteiger partial charge in [-0.3, -0.25) is 0 Å². The number of benzene rings is 1. The van der Waals surface area contributed by atoms with Crippen LogP contribution in [-0.4, -0.2) is 6.54 Å². The molecule has 5 heteroatoms. The third-order valence-electron chi connectivity index (χ3n) is 1.69. The van der Waals surface area contributed by atoms with Gasteiger partial charge in [0.25, 0.3) is 0 Å². The smallest absolute Gasteiger partial charge is 0.142 e. The van der Waals surface area contributed by atoms with Crippen LogP contribution in [0, 0.1) is 5.82 Å². The first-order valence-corrected chi connectivity index (χ1v) is 4.42. The molecule has 0 aliphatic heterocycles. The molecule has 1 aromatic carbocycles. The molecule has 0 aromatic heterocycles. The van der Waals surface area contributed by atoms with Gasteiger partial charge in [-0.15, -0.1) is 0 Å². The van der Waals surface area contributed by atoms with Crippen LogP contribution >= 0.6 is 23.2 Å². The van der Waals surface area contributed by atoms with E-state index in [9.17, 15) is 4.39 Å². The molecule has 0 heterocycles. The summed E-state index contributed by atoms with van der Waals surface area (Å²) in [6, 6.07) is 2.07. The third-order valence-corrected chi connectivity index (χ3v) is 2.31. The minimum Gasteiger partial charge on any atom is -0.329 e. The van der Waals surface area contributed by atoms with Gasteiger partial charge in [-0.05, 0) is 17.7 Å². The zero-order valence-electron chi connectivity index (χ0n) is 6.73. The van der Waals surface area contributed by atoms with Crippen LogP contribution in [0.25, 0.3) is 0 Å². The summed E-state index contributed by atoms with van der Waals surface area (Å²) in [4.78, 5) is 0. The highest BCUT2D eigenvalue weighted by molar-refractivity contribution is 6.35. The van der Waals surface area contributed by atoms with Crippen molar-refractivity contribution >= 4 is 23.2 Å². The second-order valence-corrected chi connectivity index (χ2v) is 3.44. The van der Waals surface area contributed by atoms with Gasteiger partial charge in [0.1, 0.15) is 5.82 Å². The predicted octanol–water partition coefficient (Wildman–Crippen LogP) is 2.09. The molecule has 0 saturated carbocycles. The first kappa shape index (κ1) is 10.7. The summed E-state index contributed by atoms with van der Waals surface area (Å²) >= 11 is 11.3. The van der Waals surface area contributed by atoms with Gasteiger partial charge in [-0.1, -0.05) is 23.2 Å². The first-order valence-electron chi connectivity index (χ1n) is 3.66. The molecule has 0 radical (unpaired) electrons. The Hall–Kier alpha value is -0.350. The molecular formula is C8H9Cl2FN2. The van der Waals surface area contributed by atoms with Gasteiger partial charge in [0.2, 0.25) is 0 Å². The maximum Gasteiger partial charge on any atom is 0.142 e. The summed E-state index contributed by atoms with van der Waals surface area (Å²) in [7, 11) is 0.